The van der Waals surface area contributed by atoms with Gasteiger partial charge in [0, 0.05) is 13.0 Å². The van der Waals surface area contributed by atoms with Gasteiger partial charge in [0.15, 0.2) is 0 Å². The molecule has 170 valence electrons. The summed E-state index contributed by atoms with van der Waals surface area (Å²) in [5.41, 5.74) is 1.77. The number of carbonyl (C=O) groups is 2. The highest BCUT2D eigenvalue weighted by Gasteiger charge is 2.34. The Kier molecular flexibility index (Phi) is 6.45. The van der Waals surface area contributed by atoms with E-state index in [1.54, 1.807) is 29.6 Å². The van der Waals surface area contributed by atoms with Gasteiger partial charge < -0.3 is 15.6 Å². The van der Waals surface area contributed by atoms with Gasteiger partial charge in [0.2, 0.25) is 11.7 Å². The Morgan fingerprint density at radius 1 is 1.03 bits per heavy atom. The maximum Gasteiger partial charge on any atom is 0.449 e. The number of nitrogens with zero attached hydrogens (tertiary/aromatic N) is 1. The quantitative estimate of drug-likeness (QED) is 0.365. The first kappa shape index (κ1) is 22.5. The molecule has 0 radical (unpaired) electrons. The van der Waals surface area contributed by atoms with E-state index in [2.05, 4.69) is 20.6 Å². The van der Waals surface area contributed by atoms with Crippen LogP contribution in [0.4, 0.5) is 13.2 Å². The van der Waals surface area contributed by atoms with Crippen molar-refractivity contribution in [1.82, 2.24) is 20.6 Å². The fraction of sp³-hybridized carbons (Fsp3) is 0.174. The Balaban J connectivity index is 1.51. The number of carbonyl (C=O) groups excluding carboxylic acids is 2. The number of nitrogens with one attached hydrogen (secondary N) is 3. The monoisotopic (exact) mass is 472 g/mol. The molecule has 6 nitrogen and oxygen atoms in total. The van der Waals surface area contributed by atoms with Crippen molar-refractivity contribution in [2.75, 3.05) is 6.54 Å². The zero-order chi connectivity index (χ0) is 23.4. The maximum atomic E-state index is 13.0. The van der Waals surface area contributed by atoms with Crippen molar-refractivity contribution < 1.29 is 22.8 Å². The molecular weight excluding hydrogens is 453 g/mol. The minimum Gasteiger partial charge on any atom is -0.351 e. The average Bonchev–Trinajstić information content (AvgIpc) is 3.47. The Bertz CT molecular complexity index is 1250. The molecule has 2 amide bonds. The Hall–Kier alpha value is -3.66. The first-order valence-corrected chi connectivity index (χ1v) is 10.9. The van der Waals surface area contributed by atoms with E-state index < -0.39 is 18.0 Å². The van der Waals surface area contributed by atoms with Gasteiger partial charge in [0.25, 0.3) is 5.91 Å². The number of rotatable bonds is 7. The van der Waals surface area contributed by atoms with Crippen LogP contribution < -0.4 is 10.6 Å². The summed E-state index contributed by atoms with van der Waals surface area (Å²) in [4.78, 5) is 31.1. The van der Waals surface area contributed by atoms with Crippen molar-refractivity contribution in [3.63, 3.8) is 0 Å². The van der Waals surface area contributed by atoms with Crippen LogP contribution in [0.2, 0.25) is 0 Å². The molecule has 0 saturated heterocycles. The molecule has 0 spiro atoms. The van der Waals surface area contributed by atoms with Crippen molar-refractivity contribution in [3.8, 4) is 0 Å². The Labute approximate surface area is 190 Å². The smallest absolute Gasteiger partial charge is 0.351 e. The number of aromatic nitrogens is 2. The summed E-state index contributed by atoms with van der Waals surface area (Å²) < 4.78 is 39.0. The van der Waals surface area contributed by atoms with Gasteiger partial charge in [0.05, 0.1) is 22.0 Å². The van der Waals surface area contributed by atoms with Crippen LogP contribution in [0.5, 0.6) is 0 Å². The molecule has 4 rings (SSSR count). The molecule has 1 unspecified atom stereocenters. The summed E-state index contributed by atoms with van der Waals surface area (Å²) in [5.74, 6) is -1.63. The highest BCUT2D eigenvalue weighted by atomic mass is 32.1. The maximum absolute atomic E-state index is 13.0. The van der Waals surface area contributed by atoms with E-state index in [1.807, 2.05) is 30.3 Å². The van der Waals surface area contributed by atoms with E-state index in [4.69, 9.17) is 0 Å². The number of hydrogen-bond donors (Lipinski definition) is 3. The molecule has 2 heterocycles. The van der Waals surface area contributed by atoms with Gasteiger partial charge in [-0.1, -0.05) is 42.5 Å². The van der Waals surface area contributed by atoms with Gasteiger partial charge in [0.1, 0.15) is 0 Å². The number of alkyl halides is 3. The normalized spacial score (nSPS) is 12.5. The number of halogens is 3. The summed E-state index contributed by atoms with van der Waals surface area (Å²) >= 11 is 1.31. The predicted molar refractivity (Wildman–Crippen MR) is 119 cm³/mol. The molecule has 10 heteroatoms. The lowest BCUT2D eigenvalue weighted by atomic mass is 9.98. The third-order valence-corrected chi connectivity index (χ3v) is 5.80. The van der Waals surface area contributed by atoms with E-state index >= 15 is 0 Å². The van der Waals surface area contributed by atoms with Crippen LogP contribution >= 0.6 is 11.3 Å². The lowest BCUT2D eigenvalue weighted by Crippen LogP contribution is -2.33. The van der Waals surface area contributed by atoms with Crippen molar-refractivity contribution in [1.29, 1.82) is 0 Å². The lowest BCUT2D eigenvalue weighted by Gasteiger charge is -2.20. The minimum atomic E-state index is -4.58. The number of thiophene rings is 1. The molecule has 0 aliphatic rings. The molecule has 4 aromatic rings. The van der Waals surface area contributed by atoms with Crippen molar-refractivity contribution in [2.24, 2.45) is 0 Å². The second-order valence-electron chi connectivity index (χ2n) is 7.25. The van der Waals surface area contributed by atoms with Crippen LogP contribution in [0.15, 0.2) is 66.0 Å². The standard InChI is InChI=1S/C23H19F3N4O2S/c24-23(25,26)22-28-16-9-8-15(13-17(16)29-22)20(14-5-2-1-3-6-14)30-19(31)10-11-27-21(32)18-7-4-12-33-18/h1-9,12-13,20H,10-11H2,(H,27,32)(H,28,29)(H,30,31). The molecule has 0 saturated carbocycles. The zero-order valence-electron chi connectivity index (χ0n) is 17.1. The first-order valence-electron chi connectivity index (χ1n) is 10.0. The van der Waals surface area contributed by atoms with Gasteiger partial charge >= 0.3 is 6.18 Å². The Morgan fingerprint density at radius 3 is 2.52 bits per heavy atom. The fourth-order valence-corrected chi connectivity index (χ4v) is 4.00. The van der Waals surface area contributed by atoms with E-state index in [-0.39, 0.29) is 35.8 Å². The van der Waals surface area contributed by atoms with E-state index in [9.17, 15) is 22.8 Å². The summed E-state index contributed by atoms with van der Waals surface area (Å²) in [6.45, 7) is 0.151. The summed E-state index contributed by atoms with van der Waals surface area (Å²) in [5, 5.41) is 7.41. The van der Waals surface area contributed by atoms with E-state index in [1.165, 1.54) is 17.4 Å². The first-order chi connectivity index (χ1) is 15.8. The molecule has 0 fully saturated rings. The van der Waals surface area contributed by atoms with Gasteiger partial charge in [-0.2, -0.15) is 13.2 Å². The second kappa shape index (κ2) is 9.45. The lowest BCUT2D eigenvalue weighted by molar-refractivity contribution is -0.144. The molecule has 33 heavy (non-hydrogen) atoms. The number of aromatic amines is 1. The SMILES string of the molecule is O=C(CCNC(=O)c1cccs1)NC(c1ccccc1)c1ccc2nc(C(F)(F)F)[nH]c2c1. The number of imidazole rings is 1. The van der Waals surface area contributed by atoms with Crippen LogP contribution in [0, 0.1) is 0 Å². The average molecular weight is 472 g/mol. The zero-order valence-corrected chi connectivity index (χ0v) is 18.0. The highest BCUT2D eigenvalue weighted by Crippen LogP contribution is 2.30. The van der Waals surface area contributed by atoms with Crippen molar-refractivity contribution >= 4 is 34.2 Å². The van der Waals surface area contributed by atoms with Crippen LogP contribution in [-0.4, -0.2) is 28.3 Å². The van der Waals surface area contributed by atoms with Crippen LogP contribution in [-0.2, 0) is 11.0 Å². The third-order valence-electron chi connectivity index (χ3n) is 4.93. The van der Waals surface area contributed by atoms with Gasteiger partial charge in [-0.3, -0.25) is 9.59 Å². The number of benzene rings is 2. The molecule has 0 aliphatic carbocycles. The van der Waals surface area contributed by atoms with Crippen LogP contribution in [0.1, 0.15) is 39.1 Å². The summed E-state index contributed by atoms with van der Waals surface area (Å²) in [6.07, 6.45) is -4.54. The molecule has 2 aromatic carbocycles. The Morgan fingerprint density at radius 2 is 1.82 bits per heavy atom. The van der Waals surface area contributed by atoms with Crippen LogP contribution in [0.25, 0.3) is 11.0 Å². The number of hydrogen-bond acceptors (Lipinski definition) is 4. The molecular formula is C23H19F3N4O2S. The predicted octanol–water partition coefficient (Wildman–Crippen LogP) is 4.67. The molecule has 2 aromatic heterocycles. The summed E-state index contributed by atoms with van der Waals surface area (Å²) in [6, 6.07) is 16.6. The summed E-state index contributed by atoms with van der Waals surface area (Å²) in [7, 11) is 0. The molecule has 0 bridgehead atoms. The number of H-pyrrole nitrogens is 1. The number of amides is 2. The topological polar surface area (TPSA) is 86.9 Å². The third kappa shape index (κ3) is 5.40. The number of fused-ring (bicyclic) bond motifs is 1. The fourth-order valence-electron chi connectivity index (χ4n) is 3.36. The van der Waals surface area contributed by atoms with E-state index in [0.717, 1.165) is 5.56 Å². The van der Waals surface area contributed by atoms with Crippen LogP contribution in [0.3, 0.4) is 0 Å². The molecule has 1 atom stereocenters. The minimum absolute atomic E-state index is 0.0466. The van der Waals surface area contributed by atoms with Gasteiger partial charge in [-0.25, -0.2) is 4.98 Å². The second-order valence-corrected chi connectivity index (χ2v) is 8.20. The molecule has 3 N–H and O–H groups in total. The van der Waals surface area contributed by atoms with Crippen molar-refractivity contribution in [2.45, 2.75) is 18.6 Å². The van der Waals surface area contributed by atoms with Gasteiger partial charge in [-0.05, 0) is 34.7 Å². The van der Waals surface area contributed by atoms with Gasteiger partial charge in [-0.15, -0.1) is 11.3 Å². The largest absolute Gasteiger partial charge is 0.449 e. The molecule has 0 aliphatic heterocycles. The van der Waals surface area contributed by atoms with E-state index in [0.29, 0.717) is 10.4 Å². The van der Waals surface area contributed by atoms with Crippen molar-refractivity contribution in [3.05, 3.63) is 87.9 Å². The highest BCUT2D eigenvalue weighted by molar-refractivity contribution is 7.12.